The number of anilines is 1. The molecule has 84 valence electrons. The number of rotatable bonds is 4. The van der Waals surface area contributed by atoms with E-state index in [1.54, 1.807) is 0 Å². The van der Waals surface area contributed by atoms with E-state index in [0.29, 0.717) is 0 Å². The lowest BCUT2D eigenvalue weighted by atomic mass is 10.3. The topological polar surface area (TPSA) is 29.9 Å². The maximum atomic E-state index is 4.25. The molecule has 0 saturated heterocycles. The van der Waals surface area contributed by atoms with Crippen molar-refractivity contribution in [3.8, 4) is 0 Å². The summed E-state index contributed by atoms with van der Waals surface area (Å²) < 4.78 is 2.17. The van der Waals surface area contributed by atoms with Crippen LogP contribution in [0.2, 0.25) is 0 Å². The average Bonchev–Trinajstić information content (AvgIpc) is 2.76. The van der Waals surface area contributed by atoms with Crippen LogP contribution in [0.15, 0.2) is 36.8 Å². The van der Waals surface area contributed by atoms with Crippen LogP contribution in [0.25, 0.3) is 0 Å². The zero-order chi connectivity index (χ0) is 11.4. The molecule has 2 aromatic rings. The first-order chi connectivity index (χ1) is 7.79. The lowest BCUT2D eigenvalue weighted by molar-refractivity contribution is 0.766. The molecule has 0 aromatic carbocycles. The van der Waals surface area contributed by atoms with Gasteiger partial charge >= 0.3 is 0 Å². The van der Waals surface area contributed by atoms with Crippen molar-refractivity contribution in [2.24, 2.45) is 0 Å². The Labute approximate surface area is 96.1 Å². The molecule has 0 spiro atoms. The van der Waals surface area contributed by atoms with E-state index in [1.165, 1.54) is 5.56 Å². The molecule has 0 radical (unpaired) electrons. The number of pyridine rings is 1. The first kappa shape index (κ1) is 10.7. The number of nitrogens with zero attached hydrogens (tertiary/aromatic N) is 2. The maximum Gasteiger partial charge on any atom is 0.0603 e. The predicted molar refractivity (Wildman–Crippen MR) is 66.4 cm³/mol. The van der Waals surface area contributed by atoms with Crippen LogP contribution in [-0.4, -0.2) is 9.55 Å². The minimum atomic E-state index is 0.847. The van der Waals surface area contributed by atoms with Gasteiger partial charge in [0.1, 0.15) is 0 Å². The van der Waals surface area contributed by atoms with E-state index in [1.807, 2.05) is 19.2 Å². The first-order valence-electron chi connectivity index (χ1n) is 5.59. The van der Waals surface area contributed by atoms with Crippen LogP contribution >= 0.6 is 0 Å². The van der Waals surface area contributed by atoms with Crippen LogP contribution in [0.1, 0.15) is 18.2 Å². The molecular weight excluding hydrogens is 198 g/mol. The first-order valence-corrected chi connectivity index (χ1v) is 5.59. The van der Waals surface area contributed by atoms with Crippen molar-refractivity contribution >= 4 is 5.69 Å². The molecule has 0 atom stereocenters. The lowest BCUT2D eigenvalue weighted by Gasteiger charge is -2.06. The molecule has 0 aliphatic heterocycles. The van der Waals surface area contributed by atoms with Gasteiger partial charge in [0.25, 0.3) is 0 Å². The van der Waals surface area contributed by atoms with E-state index in [2.05, 4.69) is 46.3 Å². The molecule has 0 bridgehead atoms. The summed E-state index contributed by atoms with van der Waals surface area (Å²) in [5, 5.41) is 3.39. The molecule has 0 unspecified atom stereocenters. The molecule has 0 amide bonds. The van der Waals surface area contributed by atoms with Gasteiger partial charge in [-0.25, -0.2) is 0 Å². The number of aromatic nitrogens is 2. The van der Waals surface area contributed by atoms with Crippen LogP contribution in [0.5, 0.6) is 0 Å². The fourth-order valence-electron chi connectivity index (χ4n) is 1.66. The monoisotopic (exact) mass is 215 g/mol. The summed E-state index contributed by atoms with van der Waals surface area (Å²) in [5.41, 5.74) is 3.44. The lowest BCUT2D eigenvalue weighted by Crippen LogP contribution is -2.01. The Morgan fingerprint density at radius 1 is 1.38 bits per heavy atom. The zero-order valence-corrected chi connectivity index (χ0v) is 9.77. The van der Waals surface area contributed by atoms with E-state index < -0.39 is 0 Å². The van der Waals surface area contributed by atoms with Crippen LogP contribution < -0.4 is 5.32 Å². The smallest absolute Gasteiger partial charge is 0.0603 e. The minimum absolute atomic E-state index is 0.847. The second-order valence-corrected chi connectivity index (χ2v) is 3.84. The standard InChI is InChI=1S/C13H17N3/c1-3-16-8-6-12(10-16)9-15-13-5-4-7-14-11(13)2/h4-8,10,15H,3,9H2,1-2H3. The highest BCUT2D eigenvalue weighted by Crippen LogP contribution is 2.12. The van der Waals surface area contributed by atoms with Gasteiger partial charge in [-0.05, 0) is 37.6 Å². The third-order valence-corrected chi connectivity index (χ3v) is 2.67. The fraction of sp³-hybridized carbons (Fsp3) is 0.308. The van der Waals surface area contributed by atoms with Crippen molar-refractivity contribution in [3.05, 3.63) is 48.0 Å². The Balaban J connectivity index is 1.99. The summed E-state index contributed by atoms with van der Waals surface area (Å²) in [6.45, 7) is 6.02. The van der Waals surface area contributed by atoms with Crippen molar-refractivity contribution in [1.82, 2.24) is 9.55 Å². The molecule has 16 heavy (non-hydrogen) atoms. The van der Waals surface area contributed by atoms with Crippen LogP contribution in [-0.2, 0) is 13.1 Å². The van der Waals surface area contributed by atoms with E-state index >= 15 is 0 Å². The van der Waals surface area contributed by atoms with E-state index in [0.717, 1.165) is 24.5 Å². The second-order valence-electron chi connectivity index (χ2n) is 3.84. The van der Waals surface area contributed by atoms with Crippen molar-refractivity contribution in [2.45, 2.75) is 26.9 Å². The highest BCUT2D eigenvalue weighted by Gasteiger charge is 1.99. The molecule has 1 N–H and O–H groups in total. The van der Waals surface area contributed by atoms with E-state index in [9.17, 15) is 0 Å². The molecule has 0 saturated carbocycles. The van der Waals surface area contributed by atoms with Crippen LogP contribution in [0.3, 0.4) is 0 Å². The van der Waals surface area contributed by atoms with Gasteiger partial charge in [0.15, 0.2) is 0 Å². The van der Waals surface area contributed by atoms with Gasteiger partial charge in [0.2, 0.25) is 0 Å². The Hall–Kier alpha value is -1.77. The molecule has 3 nitrogen and oxygen atoms in total. The van der Waals surface area contributed by atoms with Gasteiger partial charge in [-0.2, -0.15) is 0 Å². The van der Waals surface area contributed by atoms with Gasteiger partial charge in [-0.15, -0.1) is 0 Å². The largest absolute Gasteiger partial charge is 0.379 e. The van der Waals surface area contributed by atoms with Crippen molar-refractivity contribution < 1.29 is 0 Å². The Bertz CT molecular complexity index is 460. The molecule has 2 heterocycles. The van der Waals surface area contributed by atoms with Crippen LogP contribution in [0, 0.1) is 6.92 Å². The third-order valence-electron chi connectivity index (χ3n) is 2.67. The van der Waals surface area contributed by atoms with Gasteiger partial charge < -0.3 is 9.88 Å². The van der Waals surface area contributed by atoms with Crippen LogP contribution in [0.4, 0.5) is 5.69 Å². The highest BCUT2D eigenvalue weighted by atomic mass is 14.9. The number of hydrogen-bond acceptors (Lipinski definition) is 2. The normalized spacial score (nSPS) is 10.4. The van der Waals surface area contributed by atoms with Gasteiger partial charge in [0.05, 0.1) is 11.4 Å². The van der Waals surface area contributed by atoms with Crippen molar-refractivity contribution in [2.75, 3.05) is 5.32 Å². The SMILES string of the molecule is CCn1ccc(CNc2cccnc2C)c1. The van der Waals surface area contributed by atoms with Crippen molar-refractivity contribution in [3.63, 3.8) is 0 Å². The highest BCUT2D eigenvalue weighted by molar-refractivity contribution is 5.46. The molecule has 2 rings (SSSR count). The molecule has 0 aliphatic carbocycles. The van der Waals surface area contributed by atoms with Gasteiger partial charge in [0, 0.05) is 31.7 Å². The summed E-state index contributed by atoms with van der Waals surface area (Å²) in [7, 11) is 0. The maximum absolute atomic E-state index is 4.25. The summed E-state index contributed by atoms with van der Waals surface area (Å²) in [5.74, 6) is 0. The second kappa shape index (κ2) is 4.84. The van der Waals surface area contributed by atoms with Gasteiger partial charge in [-0.1, -0.05) is 0 Å². The Kier molecular flexibility index (Phi) is 3.25. The van der Waals surface area contributed by atoms with Gasteiger partial charge in [-0.3, -0.25) is 4.98 Å². The summed E-state index contributed by atoms with van der Waals surface area (Å²) in [4.78, 5) is 4.25. The summed E-state index contributed by atoms with van der Waals surface area (Å²) in [6, 6.07) is 6.15. The molecular formula is C13H17N3. The minimum Gasteiger partial charge on any atom is -0.379 e. The van der Waals surface area contributed by atoms with E-state index in [4.69, 9.17) is 0 Å². The zero-order valence-electron chi connectivity index (χ0n) is 9.77. The molecule has 3 heteroatoms. The molecule has 2 aromatic heterocycles. The summed E-state index contributed by atoms with van der Waals surface area (Å²) in [6.07, 6.45) is 6.08. The average molecular weight is 215 g/mol. The quantitative estimate of drug-likeness (QED) is 0.850. The predicted octanol–water partition coefficient (Wildman–Crippen LogP) is 2.82. The third kappa shape index (κ3) is 2.42. The van der Waals surface area contributed by atoms with E-state index in [-0.39, 0.29) is 0 Å². The molecule has 0 fully saturated rings. The number of hydrogen-bond donors (Lipinski definition) is 1. The molecule has 0 aliphatic rings. The number of nitrogens with one attached hydrogen (secondary N) is 1. The fourth-order valence-corrected chi connectivity index (χ4v) is 1.66. The Morgan fingerprint density at radius 2 is 2.25 bits per heavy atom. The van der Waals surface area contributed by atoms with Crippen molar-refractivity contribution in [1.29, 1.82) is 0 Å². The summed E-state index contributed by atoms with van der Waals surface area (Å²) >= 11 is 0. The Morgan fingerprint density at radius 3 is 2.94 bits per heavy atom. The number of aryl methyl sites for hydroxylation is 2.